The molecule has 0 bridgehead atoms. The lowest BCUT2D eigenvalue weighted by atomic mass is 9.93. The van der Waals surface area contributed by atoms with Crippen LogP contribution in [0.5, 0.6) is 11.5 Å². The molecule has 3 heterocycles. The third-order valence-electron chi connectivity index (χ3n) is 7.07. The zero-order valence-electron chi connectivity index (χ0n) is 22.6. The summed E-state index contributed by atoms with van der Waals surface area (Å²) >= 11 is 0. The third-order valence-corrected chi connectivity index (χ3v) is 7.07. The summed E-state index contributed by atoms with van der Waals surface area (Å²) in [7, 11) is 3.24. The number of ether oxygens (including phenoxy) is 3. The number of amides is 2. The average Bonchev–Trinajstić information content (AvgIpc) is 3.37. The topological polar surface area (TPSA) is 106 Å². The molecule has 2 fully saturated rings. The fourth-order valence-corrected chi connectivity index (χ4v) is 5.15. The van der Waals surface area contributed by atoms with E-state index in [4.69, 9.17) is 14.2 Å². The number of carbonyl (C=O) groups excluding carboxylic acids is 2. The number of carbonyl (C=O) groups is 2. The molecule has 1 N–H and O–H groups in total. The van der Waals surface area contributed by atoms with Crippen LogP contribution < -0.4 is 19.7 Å². The van der Waals surface area contributed by atoms with Crippen LogP contribution in [-0.2, 0) is 9.53 Å². The predicted octanol–water partition coefficient (Wildman–Crippen LogP) is 3.77. The summed E-state index contributed by atoms with van der Waals surface area (Å²) in [6, 6.07) is 3.37. The largest absolute Gasteiger partial charge is 0.493 e. The van der Waals surface area contributed by atoms with Gasteiger partial charge in [-0.2, -0.15) is 0 Å². The van der Waals surface area contributed by atoms with Gasteiger partial charge in [-0.05, 0) is 64.9 Å². The number of aromatic nitrogens is 2. The van der Waals surface area contributed by atoms with Gasteiger partial charge < -0.3 is 24.4 Å². The lowest BCUT2D eigenvalue weighted by Gasteiger charge is -2.33. The number of nitrogens with zero attached hydrogens (tertiary/aromatic N) is 4. The minimum Gasteiger partial charge on any atom is -0.493 e. The molecule has 2 saturated heterocycles. The highest BCUT2D eigenvalue weighted by Gasteiger charge is 2.36. The zero-order chi connectivity index (χ0) is 26.6. The van der Waals surface area contributed by atoms with Gasteiger partial charge in [-0.25, -0.2) is 14.8 Å². The van der Waals surface area contributed by atoms with Crippen LogP contribution in [0.2, 0.25) is 0 Å². The second-order valence-corrected chi connectivity index (χ2v) is 10.8. The van der Waals surface area contributed by atoms with Gasteiger partial charge in [0.05, 0.1) is 19.7 Å². The van der Waals surface area contributed by atoms with Crippen molar-refractivity contribution in [3.8, 4) is 11.5 Å². The molecule has 1 aromatic heterocycles. The molecule has 0 unspecified atom stereocenters. The fraction of sp³-hybridized carbons (Fsp3) is 0.630. The highest BCUT2D eigenvalue weighted by atomic mass is 16.6. The van der Waals surface area contributed by atoms with Gasteiger partial charge in [-0.1, -0.05) is 0 Å². The molecule has 2 aliphatic rings. The summed E-state index contributed by atoms with van der Waals surface area (Å²) in [5.41, 5.74) is 0.242. The molecule has 10 heteroatoms. The zero-order valence-corrected chi connectivity index (χ0v) is 22.6. The second-order valence-electron chi connectivity index (χ2n) is 10.8. The van der Waals surface area contributed by atoms with E-state index in [2.05, 4.69) is 20.2 Å². The van der Waals surface area contributed by atoms with Gasteiger partial charge in [0.25, 0.3) is 0 Å². The SMILES string of the molecule is COc1cc2ncnc(N3CCC(CCNC(=O)[C@@H]4CCCN4C(=O)OC(C)(C)C)CC3)c2cc1OC. The molecule has 0 spiro atoms. The molecule has 37 heavy (non-hydrogen) atoms. The first-order chi connectivity index (χ1) is 17.7. The summed E-state index contributed by atoms with van der Waals surface area (Å²) in [4.78, 5) is 38.2. The molecule has 1 atom stereocenters. The summed E-state index contributed by atoms with van der Waals surface area (Å²) in [6.45, 7) is 8.44. The van der Waals surface area contributed by atoms with E-state index in [1.54, 1.807) is 25.4 Å². The molecular weight excluding hydrogens is 474 g/mol. The van der Waals surface area contributed by atoms with E-state index in [0.717, 1.165) is 55.5 Å². The highest BCUT2D eigenvalue weighted by molar-refractivity contribution is 5.92. The fourth-order valence-electron chi connectivity index (χ4n) is 5.15. The molecule has 0 saturated carbocycles. The van der Waals surface area contributed by atoms with Crippen LogP contribution in [0.15, 0.2) is 18.5 Å². The van der Waals surface area contributed by atoms with E-state index in [9.17, 15) is 9.59 Å². The molecule has 10 nitrogen and oxygen atoms in total. The van der Waals surface area contributed by atoms with E-state index in [1.807, 2.05) is 32.9 Å². The molecule has 0 radical (unpaired) electrons. The smallest absolute Gasteiger partial charge is 0.410 e. The van der Waals surface area contributed by atoms with Gasteiger partial charge >= 0.3 is 6.09 Å². The van der Waals surface area contributed by atoms with E-state index in [1.165, 1.54) is 0 Å². The average molecular weight is 514 g/mol. The normalized spacial score (nSPS) is 18.7. The number of hydrogen-bond acceptors (Lipinski definition) is 8. The number of nitrogens with one attached hydrogen (secondary N) is 1. The van der Waals surface area contributed by atoms with Crippen LogP contribution >= 0.6 is 0 Å². The summed E-state index contributed by atoms with van der Waals surface area (Å²) in [6.07, 6.45) is 5.61. The summed E-state index contributed by atoms with van der Waals surface area (Å²) < 4.78 is 16.4. The van der Waals surface area contributed by atoms with Gasteiger partial charge in [-0.3, -0.25) is 9.69 Å². The Kier molecular flexibility index (Phi) is 8.24. The van der Waals surface area contributed by atoms with Crippen LogP contribution in [0.25, 0.3) is 10.9 Å². The van der Waals surface area contributed by atoms with Crippen molar-refractivity contribution in [3.63, 3.8) is 0 Å². The Morgan fingerprint density at radius 1 is 1.03 bits per heavy atom. The van der Waals surface area contributed by atoms with Crippen molar-refractivity contribution in [3.05, 3.63) is 18.5 Å². The minimum absolute atomic E-state index is 0.0855. The molecule has 4 rings (SSSR count). The molecule has 0 aliphatic carbocycles. The first kappa shape index (κ1) is 26.8. The van der Waals surface area contributed by atoms with Gasteiger partial charge in [-0.15, -0.1) is 0 Å². The van der Waals surface area contributed by atoms with Crippen LogP contribution in [-0.4, -0.2) is 78.9 Å². The van der Waals surface area contributed by atoms with Crippen LogP contribution in [0.1, 0.15) is 52.9 Å². The maximum Gasteiger partial charge on any atom is 0.410 e. The van der Waals surface area contributed by atoms with Crippen molar-refractivity contribution in [1.82, 2.24) is 20.2 Å². The van der Waals surface area contributed by atoms with Crippen molar-refractivity contribution in [2.75, 3.05) is 45.3 Å². The van der Waals surface area contributed by atoms with Gasteiger partial charge in [0, 0.05) is 37.6 Å². The Morgan fingerprint density at radius 2 is 1.73 bits per heavy atom. The van der Waals surface area contributed by atoms with Crippen LogP contribution in [0.4, 0.5) is 10.6 Å². The van der Waals surface area contributed by atoms with Crippen molar-refractivity contribution < 1.29 is 23.8 Å². The Balaban J connectivity index is 1.28. The first-order valence-corrected chi connectivity index (χ1v) is 13.1. The molecule has 2 amide bonds. The third kappa shape index (κ3) is 6.34. The van der Waals surface area contributed by atoms with E-state index in [-0.39, 0.29) is 5.91 Å². The number of hydrogen-bond donors (Lipinski definition) is 1. The Bertz CT molecular complexity index is 1110. The molecule has 2 aliphatic heterocycles. The van der Waals surface area contributed by atoms with Crippen molar-refractivity contribution in [2.24, 2.45) is 5.92 Å². The van der Waals surface area contributed by atoms with Gasteiger partial charge in [0.1, 0.15) is 23.8 Å². The maximum absolute atomic E-state index is 12.8. The van der Waals surface area contributed by atoms with E-state index in [0.29, 0.717) is 36.9 Å². The number of fused-ring (bicyclic) bond motifs is 1. The number of rotatable bonds is 7. The monoisotopic (exact) mass is 513 g/mol. The standard InChI is InChI=1S/C27H39N5O5/c1-27(2,3)37-26(34)32-12-6-7-21(32)25(33)28-11-8-18-9-13-31(14-10-18)24-19-15-22(35-4)23(36-5)16-20(19)29-17-30-24/h15-18,21H,6-14H2,1-5H3,(H,28,33)/t21-/m0/s1. The number of piperidine rings is 1. The van der Waals surface area contributed by atoms with Gasteiger partial charge in [0.15, 0.2) is 11.5 Å². The number of benzene rings is 1. The number of methoxy groups -OCH3 is 2. The second kappa shape index (κ2) is 11.4. The highest BCUT2D eigenvalue weighted by Crippen LogP contribution is 2.36. The molecule has 1 aromatic carbocycles. The quantitative estimate of drug-likeness (QED) is 0.596. The Hall–Kier alpha value is -3.30. The molecule has 2 aromatic rings. The Morgan fingerprint density at radius 3 is 2.41 bits per heavy atom. The van der Waals surface area contributed by atoms with Crippen LogP contribution in [0, 0.1) is 5.92 Å². The van der Waals surface area contributed by atoms with Crippen molar-refractivity contribution in [2.45, 2.75) is 64.5 Å². The van der Waals surface area contributed by atoms with Crippen molar-refractivity contribution >= 4 is 28.7 Å². The number of likely N-dealkylation sites (tertiary alicyclic amines) is 1. The minimum atomic E-state index is -0.577. The van der Waals surface area contributed by atoms with E-state index >= 15 is 0 Å². The lowest BCUT2D eigenvalue weighted by Crippen LogP contribution is -2.48. The van der Waals surface area contributed by atoms with E-state index < -0.39 is 17.7 Å². The molecular formula is C27H39N5O5. The van der Waals surface area contributed by atoms with Crippen LogP contribution in [0.3, 0.4) is 0 Å². The predicted molar refractivity (Wildman–Crippen MR) is 141 cm³/mol. The Labute approximate surface area is 218 Å². The molecule has 202 valence electrons. The summed E-state index contributed by atoms with van der Waals surface area (Å²) in [5.74, 6) is 2.64. The lowest BCUT2D eigenvalue weighted by molar-refractivity contribution is -0.125. The number of anilines is 1. The first-order valence-electron chi connectivity index (χ1n) is 13.1. The van der Waals surface area contributed by atoms with Gasteiger partial charge in [0.2, 0.25) is 5.91 Å². The maximum atomic E-state index is 12.8. The summed E-state index contributed by atoms with van der Waals surface area (Å²) in [5, 5.41) is 4.00. The van der Waals surface area contributed by atoms with Crippen molar-refractivity contribution in [1.29, 1.82) is 0 Å².